The predicted molar refractivity (Wildman–Crippen MR) is 35.4 cm³/mol. The van der Waals surface area contributed by atoms with E-state index in [4.69, 9.17) is 0 Å². The molecule has 1 aliphatic carbocycles. The van der Waals surface area contributed by atoms with E-state index in [9.17, 15) is 0 Å². The third-order valence-electron chi connectivity index (χ3n) is 2.78. The van der Waals surface area contributed by atoms with E-state index in [-0.39, 0.29) is 0 Å². The molecule has 1 heterocycles. The largest absolute Gasteiger partial charge is 0.190 e. The number of fused-ring (bicyclic) bond motifs is 2. The molecule has 1 aliphatic heterocycles. The van der Waals surface area contributed by atoms with Gasteiger partial charge in [-0.3, -0.25) is 0 Å². The monoisotopic (exact) mass is 124 g/mol. The highest BCUT2D eigenvalue weighted by atomic mass is 15.2. The van der Waals surface area contributed by atoms with E-state index in [2.05, 4.69) is 24.1 Å². The number of rotatable bonds is 0. The Morgan fingerprint density at radius 2 is 1.56 bits per heavy atom. The zero-order valence-corrected chi connectivity index (χ0v) is 5.96. The van der Waals surface area contributed by atoms with Crippen LogP contribution < -0.4 is 0 Å². The van der Waals surface area contributed by atoms with Gasteiger partial charge in [-0.25, -0.2) is 0 Å². The molecule has 2 aliphatic rings. The quantitative estimate of drug-likeness (QED) is 0.472. The van der Waals surface area contributed by atoms with E-state index in [0.29, 0.717) is 17.5 Å². The van der Waals surface area contributed by atoms with Crippen LogP contribution in [0.3, 0.4) is 0 Å². The fraction of sp³-hybridized carbons (Fsp3) is 1.00. The Kier molecular flexibility index (Phi) is 0.815. The van der Waals surface area contributed by atoms with Gasteiger partial charge in [-0.2, -0.15) is 10.2 Å². The average molecular weight is 124 g/mol. The van der Waals surface area contributed by atoms with Gasteiger partial charge in [0.1, 0.15) is 0 Å². The van der Waals surface area contributed by atoms with Gasteiger partial charge in [0.25, 0.3) is 0 Å². The SMILES string of the molecule is CC1(C)[C@@H]2CC[C@H]1N=N2. The first-order valence-electron chi connectivity index (χ1n) is 3.61. The van der Waals surface area contributed by atoms with Crippen molar-refractivity contribution in [3.05, 3.63) is 0 Å². The molecule has 9 heavy (non-hydrogen) atoms. The Bertz CT molecular complexity index is 144. The zero-order valence-electron chi connectivity index (χ0n) is 5.96. The van der Waals surface area contributed by atoms with E-state index >= 15 is 0 Å². The Labute approximate surface area is 55.4 Å². The summed E-state index contributed by atoms with van der Waals surface area (Å²) in [5.41, 5.74) is 0.389. The first-order valence-corrected chi connectivity index (χ1v) is 3.61. The van der Waals surface area contributed by atoms with Crippen LogP contribution in [0.15, 0.2) is 10.2 Å². The molecule has 1 fully saturated rings. The van der Waals surface area contributed by atoms with Gasteiger partial charge >= 0.3 is 0 Å². The van der Waals surface area contributed by atoms with Crippen molar-refractivity contribution in [2.24, 2.45) is 15.6 Å². The zero-order chi connectivity index (χ0) is 6.48. The highest BCUT2D eigenvalue weighted by Gasteiger charge is 2.47. The summed E-state index contributed by atoms with van der Waals surface area (Å²) in [6.45, 7) is 4.55. The van der Waals surface area contributed by atoms with Gasteiger partial charge in [-0.15, -0.1) is 0 Å². The summed E-state index contributed by atoms with van der Waals surface area (Å²) in [6, 6.07) is 1.09. The lowest BCUT2D eigenvalue weighted by Crippen LogP contribution is -2.24. The van der Waals surface area contributed by atoms with E-state index in [0.717, 1.165) is 0 Å². The molecule has 50 valence electrons. The molecule has 0 aromatic rings. The summed E-state index contributed by atoms with van der Waals surface area (Å²) in [5, 5.41) is 8.36. The minimum absolute atomic E-state index is 0.389. The smallest absolute Gasteiger partial charge is 0.0781 e. The molecule has 2 bridgehead atoms. The molecular weight excluding hydrogens is 112 g/mol. The Hall–Kier alpha value is -0.400. The van der Waals surface area contributed by atoms with Crippen LogP contribution in [0.4, 0.5) is 0 Å². The molecule has 0 unspecified atom stereocenters. The molecule has 2 nitrogen and oxygen atoms in total. The van der Waals surface area contributed by atoms with Crippen molar-refractivity contribution in [1.82, 2.24) is 0 Å². The minimum Gasteiger partial charge on any atom is -0.190 e. The van der Waals surface area contributed by atoms with Crippen LogP contribution in [0.2, 0.25) is 0 Å². The van der Waals surface area contributed by atoms with Crippen LogP contribution in [0.1, 0.15) is 26.7 Å². The summed E-state index contributed by atoms with van der Waals surface area (Å²) >= 11 is 0. The molecule has 2 heteroatoms. The normalized spacial score (nSPS) is 44.2. The fourth-order valence-corrected chi connectivity index (χ4v) is 1.86. The summed E-state index contributed by atoms with van der Waals surface area (Å²) in [4.78, 5) is 0. The standard InChI is InChI=1S/C7H12N2/c1-7(2)5-3-4-6(7)9-8-5/h5-6H,3-4H2,1-2H3/t5-,6+. The molecule has 0 radical (unpaired) electrons. The van der Waals surface area contributed by atoms with Crippen molar-refractivity contribution in [2.75, 3.05) is 0 Å². The second-order valence-electron chi connectivity index (χ2n) is 3.66. The summed E-state index contributed by atoms with van der Waals surface area (Å²) < 4.78 is 0. The molecule has 0 saturated heterocycles. The highest BCUT2D eigenvalue weighted by molar-refractivity contribution is 5.03. The molecule has 0 amide bonds. The maximum Gasteiger partial charge on any atom is 0.0781 e. The van der Waals surface area contributed by atoms with Crippen LogP contribution in [-0.4, -0.2) is 12.1 Å². The lowest BCUT2D eigenvalue weighted by atomic mass is 9.86. The third-order valence-corrected chi connectivity index (χ3v) is 2.78. The number of nitrogens with zero attached hydrogens (tertiary/aromatic N) is 2. The first-order chi connectivity index (χ1) is 4.21. The van der Waals surface area contributed by atoms with Crippen LogP contribution in [0.5, 0.6) is 0 Å². The molecule has 0 aromatic carbocycles. The lowest BCUT2D eigenvalue weighted by Gasteiger charge is -2.19. The Morgan fingerprint density at radius 1 is 1.11 bits per heavy atom. The summed E-state index contributed by atoms with van der Waals surface area (Å²) in [5.74, 6) is 0. The van der Waals surface area contributed by atoms with Crippen molar-refractivity contribution in [3.63, 3.8) is 0 Å². The van der Waals surface area contributed by atoms with Crippen molar-refractivity contribution in [1.29, 1.82) is 0 Å². The predicted octanol–water partition coefficient (Wildman–Crippen LogP) is 2.01. The van der Waals surface area contributed by atoms with Crippen molar-refractivity contribution < 1.29 is 0 Å². The number of azo groups is 1. The van der Waals surface area contributed by atoms with Gasteiger partial charge in [-0.1, -0.05) is 13.8 Å². The van der Waals surface area contributed by atoms with Gasteiger partial charge in [0.15, 0.2) is 0 Å². The van der Waals surface area contributed by atoms with Gasteiger partial charge in [-0.05, 0) is 12.8 Å². The topological polar surface area (TPSA) is 24.7 Å². The molecule has 1 saturated carbocycles. The maximum atomic E-state index is 4.18. The van der Waals surface area contributed by atoms with Gasteiger partial charge < -0.3 is 0 Å². The van der Waals surface area contributed by atoms with Crippen molar-refractivity contribution >= 4 is 0 Å². The average Bonchev–Trinajstić information content (AvgIpc) is 2.24. The van der Waals surface area contributed by atoms with Crippen LogP contribution in [0.25, 0.3) is 0 Å². The van der Waals surface area contributed by atoms with Crippen molar-refractivity contribution in [2.45, 2.75) is 38.8 Å². The third kappa shape index (κ3) is 0.511. The molecule has 2 rings (SSSR count). The van der Waals surface area contributed by atoms with Crippen LogP contribution in [-0.2, 0) is 0 Å². The van der Waals surface area contributed by atoms with Crippen molar-refractivity contribution in [3.8, 4) is 0 Å². The van der Waals surface area contributed by atoms with Gasteiger partial charge in [0, 0.05) is 5.41 Å². The second kappa shape index (κ2) is 1.36. The van der Waals surface area contributed by atoms with E-state index in [1.54, 1.807) is 0 Å². The lowest BCUT2D eigenvalue weighted by molar-refractivity contribution is 0.343. The van der Waals surface area contributed by atoms with E-state index in [1.165, 1.54) is 12.8 Å². The molecule has 0 N–H and O–H groups in total. The summed E-state index contributed by atoms with van der Waals surface area (Å²) in [7, 11) is 0. The van der Waals surface area contributed by atoms with E-state index in [1.807, 2.05) is 0 Å². The summed E-state index contributed by atoms with van der Waals surface area (Å²) in [6.07, 6.45) is 2.53. The van der Waals surface area contributed by atoms with Gasteiger partial charge in [0.05, 0.1) is 12.1 Å². The fourth-order valence-electron chi connectivity index (χ4n) is 1.86. The number of hydrogen-bond donors (Lipinski definition) is 0. The minimum atomic E-state index is 0.389. The highest BCUT2D eigenvalue weighted by Crippen LogP contribution is 2.46. The van der Waals surface area contributed by atoms with Gasteiger partial charge in [0.2, 0.25) is 0 Å². The Balaban J connectivity index is 2.35. The Morgan fingerprint density at radius 3 is 1.67 bits per heavy atom. The maximum absolute atomic E-state index is 4.18. The van der Waals surface area contributed by atoms with Crippen LogP contribution in [0, 0.1) is 5.41 Å². The van der Waals surface area contributed by atoms with E-state index < -0.39 is 0 Å². The number of hydrogen-bond acceptors (Lipinski definition) is 2. The molecule has 0 aromatic heterocycles. The molecule has 2 atom stereocenters. The first kappa shape index (κ1) is 5.39. The van der Waals surface area contributed by atoms with Crippen LogP contribution >= 0.6 is 0 Å². The second-order valence-corrected chi connectivity index (χ2v) is 3.66. The molecule has 0 spiro atoms. The molecular formula is C7H12N2.